The second kappa shape index (κ2) is 6.27. The molecule has 126 valence electrons. The molecule has 0 aliphatic heterocycles. The van der Waals surface area contributed by atoms with Gasteiger partial charge in [0.1, 0.15) is 0 Å². The fourth-order valence-electron chi connectivity index (χ4n) is 2.47. The molecule has 2 aromatic carbocycles. The number of alkyl halides is 3. The first-order valence-electron chi connectivity index (χ1n) is 6.91. The molecule has 0 aliphatic carbocycles. The maximum atomic E-state index is 13.0. The van der Waals surface area contributed by atoms with Gasteiger partial charge in [-0.2, -0.15) is 18.3 Å². The van der Waals surface area contributed by atoms with Gasteiger partial charge in [-0.05, 0) is 29.8 Å². The second-order valence-electron chi connectivity index (χ2n) is 5.23. The Morgan fingerprint density at radius 2 is 1.83 bits per heavy atom. The van der Waals surface area contributed by atoms with Crippen molar-refractivity contribution in [2.45, 2.75) is 19.3 Å². The monoisotopic (exact) mass is 374 g/mol. The summed E-state index contributed by atoms with van der Waals surface area (Å²) in [5.74, 6) is 0. The molecule has 0 saturated heterocycles. The van der Waals surface area contributed by atoms with Crippen LogP contribution in [-0.4, -0.2) is 14.9 Å². The Balaban J connectivity index is 2.12. The number of nitrogens with zero attached hydrogens (tertiary/aromatic N) is 2. The van der Waals surface area contributed by atoms with E-state index in [-0.39, 0.29) is 18.7 Å². The molecule has 0 radical (unpaired) electrons. The molecule has 1 aromatic heterocycles. The minimum atomic E-state index is -4.46. The number of aliphatic hydroxyl groups excluding tert-OH is 1. The van der Waals surface area contributed by atoms with Crippen LogP contribution in [0.4, 0.5) is 13.2 Å². The van der Waals surface area contributed by atoms with Crippen LogP contribution in [0.5, 0.6) is 0 Å². The smallest absolute Gasteiger partial charge is 0.390 e. The molecule has 1 N–H and O–H groups in total. The summed E-state index contributed by atoms with van der Waals surface area (Å²) >= 11 is 12.0. The highest BCUT2D eigenvalue weighted by Gasteiger charge is 2.31. The van der Waals surface area contributed by atoms with E-state index >= 15 is 0 Å². The van der Waals surface area contributed by atoms with Crippen molar-refractivity contribution in [2.75, 3.05) is 0 Å². The molecule has 0 atom stereocenters. The van der Waals surface area contributed by atoms with Gasteiger partial charge in [0.2, 0.25) is 0 Å². The summed E-state index contributed by atoms with van der Waals surface area (Å²) in [6, 6.07) is 8.19. The van der Waals surface area contributed by atoms with Crippen LogP contribution in [0, 0.1) is 0 Å². The number of fused-ring (bicyclic) bond motifs is 1. The van der Waals surface area contributed by atoms with Gasteiger partial charge in [-0.1, -0.05) is 35.3 Å². The maximum Gasteiger partial charge on any atom is 0.416 e. The highest BCUT2D eigenvalue weighted by molar-refractivity contribution is 6.35. The molecule has 0 spiro atoms. The molecular formula is C16H11Cl2F3N2O. The Labute approximate surface area is 145 Å². The fraction of sp³-hybridized carbons (Fsp3) is 0.188. The van der Waals surface area contributed by atoms with Gasteiger partial charge in [0, 0.05) is 15.4 Å². The van der Waals surface area contributed by atoms with E-state index in [4.69, 9.17) is 23.2 Å². The van der Waals surface area contributed by atoms with Crippen LogP contribution in [0.2, 0.25) is 10.0 Å². The van der Waals surface area contributed by atoms with Crippen molar-refractivity contribution in [2.24, 2.45) is 0 Å². The maximum absolute atomic E-state index is 13.0. The quantitative estimate of drug-likeness (QED) is 0.707. The van der Waals surface area contributed by atoms with Crippen LogP contribution in [0.15, 0.2) is 36.4 Å². The lowest BCUT2D eigenvalue weighted by Gasteiger charge is -2.09. The predicted octanol–water partition coefficient (Wildman–Crippen LogP) is 4.90. The molecule has 0 fully saturated rings. The third-order valence-electron chi connectivity index (χ3n) is 3.64. The van der Waals surface area contributed by atoms with Crippen molar-refractivity contribution in [1.82, 2.24) is 9.78 Å². The summed E-state index contributed by atoms with van der Waals surface area (Å²) in [6.45, 7) is -0.211. The van der Waals surface area contributed by atoms with Gasteiger partial charge in [-0.25, -0.2) is 0 Å². The highest BCUT2D eigenvalue weighted by atomic mass is 35.5. The lowest BCUT2D eigenvalue weighted by Crippen LogP contribution is -2.06. The zero-order valence-corrected chi connectivity index (χ0v) is 13.6. The van der Waals surface area contributed by atoms with E-state index in [9.17, 15) is 18.3 Å². The molecule has 3 nitrogen and oxygen atoms in total. The fourth-order valence-corrected chi connectivity index (χ4v) is 2.94. The molecule has 3 rings (SSSR count). The number of aromatic nitrogens is 2. The lowest BCUT2D eigenvalue weighted by atomic mass is 10.1. The zero-order valence-electron chi connectivity index (χ0n) is 12.1. The molecule has 0 saturated carbocycles. The van der Waals surface area contributed by atoms with Gasteiger partial charge < -0.3 is 5.11 Å². The number of hydrogen-bond acceptors (Lipinski definition) is 2. The van der Waals surface area contributed by atoms with Gasteiger partial charge >= 0.3 is 6.18 Å². The largest absolute Gasteiger partial charge is 0.416 e. The Morgan fingerprint density at radius 3 is 2.46 bits per heavy atom. The lowest BCUT2D eigenvalue weighted by molar-refractivity contribution is -0.137. The van der Waals surface area contributed by atoms with Crippen LogP contribution in [0.1, 0.15) is 16.8 Å². The number of halogens is 5. The predicted molar refractivity (Wildman–Crippen MR) is 86.2 cm³/mol. The van der Waals surface area contributed by atoms with E-state index in [2.05, 4.69) is 5.10 Å². The molecule has 1 heterocycles. The molecule has 0 amide bonds. The van der Waals surface area contributed by atoms with Crippen molar-refractivity contribution in [1.29, 1.82) is 0 Å². The summed E-state index contributed by atoms with van der Waals surface area (Å²) < 4.78 is 40.3. The van der Waals surface area contributed by atoms with Gasteiger partial charge in [-0.3, -0.25) is 4.68 Å². The molecule has 8 heteroatoms. The van der Waals surface area contributed by atoms with Gasteiger partial charge in [0.15, 0.2) is 0 Å². The molecular weight excluding hydrogens is 364 g/mol. The van der Waals surface area contributed by atoms with E-state index in [1.807, 2.05) is 0 Å². The van der Waals surface area contributed by atoms with Crippen molar-refractivity contribution in [3.8, 4) is 0 Å². The number of rotatable bonds is 3. The summed E-state index contributed by atoms with van der Waals surface area (Å²) in [7, 11) is 0. The van der Waals surface area contributed by atoms with Crippen LogP contribution < -0.4 is 0 Å². The van der Waals surface area contributed by atoms with Crippen molar-refractivity contribution in [3.63, 3.8) is 0 Å². The number of benzene rings is 2. The SMILES string of the molecule is OCc1nn(Cc2ccc(Cl)cc2Cl)c2cc(C(F)(F)F)ccc12. The highest BCUT2D eigenvalue weighted by Crippen LogP contribution is 2.33. The standard InChI is InChI=1S/C16H11Cl2F3N2O/c17-11-3-1-9(13(18)6-11)7-23-15-5-10(16(19,20)21)2-4-12(15)14(8-24)22-23/h1-6,24H,7-8H2. The van der Waals surface area contributed by atoms with E-state index in [0.29, 0.717) is 26.7 Å². The number of hydrogen-bond donors (Lipinski definition) is 1. The zero-order chi connectivity index (χ0) is 17.5. The van der Waals surface area contributed by atoms with E-state index in [0.717, 1.165) is 12.1 Å². The van der Waals surface area contributed by atoms with E-state index in [1.54, 1.807) is 18.2 Å². The van der Waals surface area contributed by atoms with Gasteiger partial charge in [0.25, 0.3) is 0 Å². The summed E-state index contributed by atoms with van der Waals surface area (Å²) in [6.07, 6.45) is -4.46. The Morgan fingerprint density at radius 1 is 1.08 bits per heavy atom. The Hall–Kier alpha value is -1.76. The van der Waals surface area contributed by atoms with E-state index < -0.39 is 11.7 Å². The summed E-state index contributed by atoms with van der Waals surface area (Å²) in [5.41, 5.74) is 0.471. The third-order valence-corrected chi connectivity index (χ3v) is 4.23. The minimum absolute atomic E-state index is 0.161. The van der Waals surface area contributed by atoms with E-state index in [1.165, 1.54) is 10.7 Å². The summed E-state index contributed by atoms with van der Waals surface area (Å²) in [4.78, 5) is 0. The van der Waals surface area contributed by atoms with Crippen LogP contribution in [0.25, 0.3) is 10.9 Å². The Bertz CT molecular complexity index is 906. The first-order valence-corrected chi connectivity index (χ1v) is 7.66. The van der Waals surface area contributed by atoms with Crippen LogP contribution in [-0.2, 0) is 19.3 Å². The first kappa shape index (κ1) is 17.1. The van der Waals surface area contributed by atoms with Crippen molar-refractivity contribution < 1.29 is 18.3 Å². The molecule has 0 bridgehead atoms. The average Bonchev–Trinajstić information content (AvgIpc) is 2.86. The summed E-state index contributed by atoms with van der Waals surface area (Å²) in [5, 5.41) is 14.9. The molecule has 0 unspecified atom stereocenters. The average molecular weight is 375 g/mol. The molecule has 3 aromatic rings. The second-order valence-corrected chi connectivity index (χ2v) is 6.07. The first-order chi connectivity index (χ1) is 11.3. The van der Waals surface area contributed by atoms with Crippen LogP contribution >= 0.6 is 23.2 Å². The van der Waals surface area contributed by atoms with Gasteiger partial charge in [-0.15, -0.1) is 0 Å². The van der Waals surface area contributed by atoms with Crippen molar-refractivity contribution >= 4 is 34.1 Å². The topological polar surface area (TPSA) is 38.1 Å². The Kier molecular flexibility index (Phi) is 4.46. The van der Waals surface area contributed by atoms with Gasteiger partial charge in [0.05, 0.1) is 29.9 Å². The molecule has 24 heavy (non-hydrogen) atoms. The molecule has 0 aliphatic rings. The normalized spacial score (nSPS) is 12.1. The van der Waals surface area contributed by atoms with Crippen LogP contribution in [0.3, 0.4) is 0 Å². The minimum Gasteiger partial charge on any atom is -0.390 e. The third kappa shape index (κ3) is 3.22. The number of aliphatic hydroxyl groups is 1. The van der Waals surface area contributed by atoms with Crippen molar-refractivity contribution in [3.05, 3.63) is 63.3 Å².